The number of imidazole rings is 1. The van der Waals surface area contributed by atoms with Crippen molar-refractivity contribution >= 4 is 21.8 Å². The predicted molar refractivity (Wildman–Crippen MR) is 79.6 cm³/mol. The maximum atomic E-state index is 12.4. The van der Waals surface area contributed by atoms with E-state index >= 15 is 0 Å². The van der Waals surface area contributed by atoms with Gasteiger partial charge in [-0.05, 0) is 35.3 Å². The highest BCUT2D eigenvalue weighted by Crippen LogP contribution is 2.17. The average Bonchev–Trinajstić information content (AvgIpc) is 3.03. The van der Waals surface area contributed by atoms with Crippen LogP contribution >= 0.6 is 15.9 Å². The summed E-state index contributed by atoms with van der Waals surface area (Å²) in [5, 5.41) is 3.12. The maximum absolute atomic E-state index is 12.4. The van der Waals surface area contributed by atoms with Crippen LogP contribution in [0.15, 0.2) is 29.1 Å². The molecule has 0 bridgehead atoms. The molecular formula is C14H17BrN4O. The Labute approximate surface area is 126 Å². The van der Waals surface area contributed by atoms with Gasteiger partial charge >= 0.3 is 0 Å². The number of nitrogens with zero attached hydrogens (tertiary/aromatic N) is 3. The molecule has 2 aromatic rings. The number of carbonyl (C=O) groups is 1. The number of nitrogens with one attached hydrogen (secondary N) is 1. The van der Waals surface area contributed by atoms with Crippen LogP contribution in [-0.2, 0) is 19.5 Å². The first-order valence-electron chi connectivity index (χ1n) is 6.84. The summed E-state index contributed by atoms with van der Waals surface area (Å²) in [6, 6.07) is 2.03. The van der Waals surface area contributed by atoms with Gasteiger partial charge in [0.05, 0.1) is 0 Å². The second-order valence-electron chi connectivity index (χ2n) is 5.03. The molecule has 3 heterocycles. The molecule has 0 saturated carbocycles. The fourth-order valence-electron chi connectivity index (χ4n) is 2.67. The van der Waals surface area contributed by atoms with Crippen LogP contribution in [0.4, 0.5) is 0 Å². The lowest BCUT2D eigenvalue weighted by Crippen LogP contribution is -2.41. The molecule has 0 unspecified atom stereocenters. The number of aryl methyl sites for hydroxylation is 2. The van der Waals surface area contributed by atoms with E-state index in [9.17, 15) is 4.79 Å². The Balaban J connectivity index is 1.71. The molecule has 1 amide bonds. The molecular weight excluding hydrogens is 320 g/mol. The summed E-state index contributed by atoms with van der Waals surface area (Å²) in [7, 11) is 0. The highest BCUT2D eigenvalue weighted by atomic mass is 79.9. The molecule has 1 aliphatic rings. The van der Waals surface area contributed by atoms with E-state index in [1.54, 1.807) is 0 Å². The lowest BCUT2D eigenvalue weighted by molar-refractivity contribution is 0.0918. The van der Waals surface area contributed by atoms with Crippen molar-refractivity contribution in [1.82, 2.24) is 19.4 Å². The van der Waals surface area contributed by atoms with E-state index < -0.39 is 0 Å². The third kappa shape index (κ3) is 2.52. The van der Waals surface area contributed by atoms with Crippen LogP contribution in [0.1, 0.15) is 29.7 Å². The SMILES string of the molecule is CCn1cc(Br)cc1C(=O)N[C@@H]1CCc2nccn2C1. The number of amides is 1. The van der Waals surface area contributed by atoms with Crippen molar-refractivity contribution in [2.45, 2.75) is 38.9 Å². The van der Waals surface area contributed by atoms with Crippen molar-refractivity contribution in [3.63, 3.8) is 0 Å². The first kappa shape index (κ1) is 13.4. The Morgan fingerprint density at radius 3 is 3.25 bits per heavy atom. The third-order valence-electron chi connectivity index (χ3n) is 3.71. The molecule has 2 aromatic heterocycles. The number of aromatic nitrogens is 3. The van der Waals surface area contributed by atoms with E-state index in [2.05, 4.69) is 30.8 Å². The molecule has 0 saturated heterocycles. The normalized spacial score (nSPS) is 17.8. The molecule has 5 nitrogen and oxygen atoms in total. The largest absolute Gasteiger partial charge is 0.346 e. The lowest BCUT2D eigenvalue weighted by Gasteiger charge is -2.24. The second kappa shape index (κ2) is 5.44. The second-order valence-corrected chi connectivity index (χ2v) is 5.95. The number of carbonyl (C=O) groups excluding carboxylic acids is 1. The van der Waals surface area contributed by atoms with Gasteiger partial charge in [-0.15, -0.1) is 0 Å². The molecule has 3 rings (SSSR count). The van der Waals surface area contributed by atoms with Gasteiger partial charge in [0.1, 0.15) is 11.5 Å². The monoisotopic (exact) mass is 336 g/mol. The Kier molecular flexibility index (Phi) is 3.65. The van der Waals surface area contributed by atoms with Crippen LogP contribution < -0.4 is 5.32 Å². The summed E-state index contributed by atoms with van der Waals surface area (Å²) >= 11 is 3.42. The molecule has 0 aromatic carbocycles. The van der Waals surface area contributed by atoms with Gasteiger partial charge in [0.25, 0.3) is 5.91 Å². The van der Waals surface area contributed by atoms with Gasteiger partial charge in [-0.3, -0.25) is 4.79 Å². The standard InChI is InChI=1S/C14H17BrN4O/c1-2-18-8-10(15)7-12(18)14(20)17-11-3-4-13-16-5-6-19(13)9-11/h5-8,11H,2-4,9H2,1H3,(H,17,20)/t11-/m1/s1. The Hall–Kier alpha value is -1.56. The lowest BCUT2D eigenvalue weighted by atomic mass is 10.1. The minimum absolute atomic E-state index is 0.00823. The van der Waals surface area contributed by atoms with Crippen LogP contribution in [0.5, 0.6) is 0 Å². The van der Waals surface area contributed by atoms with Crippen molar-refractivity contribution in [2.75, 3.05) is 0 Å². The summed E-state index contributed by atoms with van der Waals surface area (Å²) in [5.74, 6) is 1.10. The van der Waals surface area contributed by atoms with Crippen molar-refractivity contribution in [3.05, 3.63) is 40.6 Å². The van der Waals surface area contributed by atoms with Crippen LogP contribution in [0.2, 0.25) is 0 Å². The number of halogens is 1. The van der Waals surface area contributed by atoms with Crippen molar-refractivity contribution in [3.8, 4) is 0 Å². The number of hydrogen-bond acceptors (Lipinski definition) is 2. The van der Waals surface area contributed by atoms with Gasteiger partial charge in [0.15, 0.2) is 0 Å². The van der Waals surface area contributed by atoms with Crippen LogP contribution in [0.25, 0.3) is 0 Å². The molecule has 1 atom stereocenters. The van der Waals surface area contributed by atoms with Gasteiger partial charge in [0.2, 0.25) is 0 Å². The van der Waals surface area contributed by atoms with Gasteiger partial charge < -0.3 is 14.5 Å². The van der Waals surface area contributed by atoms with Crippen molar-refractivity contribution < 1.29 is 4.79 Å². The number of rotatable bonds is 3. The molecule has 106 valence electrons. The zero-order valence-electron chi connectivity index (χ0n) is 11.3. The van der Waals surface area contributed by atoms with Gasteiger partial charge in [-0.1, -0.05) is 0 Å². The molecule has 1 N–H and O–H groups in total. The Morgan fingerprint density at radius 2 is 2.45 bits per heavy atom. The Morgan fingerprint density at radius 1 is 1.60 bits per heavy atom. The smallest absolute Gasteiger partial charge is 0.268 e. The third-order valence-corrected chi connectivity index (χ3v) is 4.14. The van der Waals surface area contributed by atoms with Crippen molar-refractivity contribution in [2.24, 2.45) is 0 Å². The molecule has 6 heteroatoms. The summed E-state index contributed by atoms with van der Waals surface area (Å²) in [5.41, 5.74) is 0.704. The van der Waals surface area contributed by atoms with Crippen LogP contribution in [0, 0.1) is 0 Å². The average molecular weight is 337 g/mol. The first-order chi connectivity index (χ1) is 9.67. The molecule has 0 aliphatic carbocycles. The summed E-state index contributed by atoms with van der Waals surface area (Å²) in [4.78, 5) is 16.7. The summed E-state index contributed by atoms with van der Waals surface area (Å²) in [6.45, 7) is 3.61. The fourth-order valence-corrected chi connectivity index (χ4v) is 3.13. The Bertz CT molecular complexity index is 631. The quantitative estimate of drug-likeness (QED) is 0.934. The van der Waals surface area contributed by atoms with Crippen LogP contribution in [-0.4, -0.2) is 26.1 Å². The maximum Gasteiger partial charge on any atom is 0.268 e. The topological polar surface area (TPSA) is 51.9 Å². The minimum atomic E-state index is -0.00823. The molecule has 0 fully saturated rings. The van der Waals surface area contributed by atoms with Crippen molar-refractivity contribution in [1.29, 1.82) is 0 Å². The predicted octanol–water partition coefficient (Wildman–Crippen LogP) is 2.21. The summed E-state index contributed by atoms with van der Waals surface area (Å²) in [6.07, 6.45) is 7.58. The van der Waals surface area contributed by atoms with Gasteiger partial charge in [-0.25, -0.2) is 4.98 Å². The minimum Gasteiger partial charge on any atom is -0.346 e. The number of fused-ring (bicyclic) bond motifs is 1. The van der Waals surface area contributed by atoms with Crippen LogP contribution in [0.3, 0.4) is 0 Å². The zero-order valence-corrected chi connectivity index (χ0v) is 12.9. The fraction of sp³-hybridized carbons (Fsp3) is 0.429. The summed E-state index contributed by atoms with van der Waals surface area (Å²) < 4.78 is 5.00. The van der Waals surface area contributed by atoms with E-state index in [1.165, 1.54) is 0 Å². The van der Waals surface area contributed by atoms with E-state index in [-0.39, 0.29) is 11.9 Å². The van der Waals surface area contributed by atoms with E-state index in [0.717, 1.165) is 36.2 Å². The van der Waals surface area contributed by atoms with Gasteiger partial charge in [0, 0.05) is 48.6 Å². The molecule has 1 aliphatic heterocycles. The molecule has 0 radical (unpaired) electrons. The number of hydrogen-bond donors (Lipinski definition) is 1. The van der Waals surface area contributed by atoms with E-state index in [0.29, 0.717) is 5.69 Å². The molecule has 20 heavy (non-hydrogen) atoms. The van der Waals surface area contributed by atoms with E-state index in [4.69, 9.17) is 0 Å². The first-order valence-corrected chi connectivity index (χ1v) is 7.63. The zero-order chi connectivity index (χ0) is 14.1. The highest BCUT2D eigenvalue weighted by Gasteiger charge is 2.22. The van der Waals surface area contributed by atoms with E-state index in [1.807, 2.05) is 36.1 Å². The van der Waals surface area contributed by atoms with Gasteiger partial charge in [-0.2, -0.15) is 0 Å². The molecule has 0 spiro atoms. The highest BCUT2D eigenvalue weighted by molar-refractivity contribution is 9.10.